The van der Waals surface area contributed by atoms with Crippen LogP contribution in [0.25, 0.3) is 0 Å². The fourth-order valence-electron chi connectivity index (χ4n) is 2.50. The second kappa shape index (κ2) is 7.72. The van der Waals surface area contributed by atoms with Gasteiger partial charge in [0, 0.05) is 10.5 Å². The lowest BCUT2D eigenvalue weighted by atomic mass is 9.96. The lowest BCUT2D eigenvalue weighted by Crippen LogP contribution is -2.38. The molecule has 0 aromatic heterocycles. The SMILES string of the molecule is CCC(CC)C(C)NS(=O)(=O)c1cc(CO)cc(C)c1Br. The minimum Gasteiger partial charge on any atom is -0.392 e. The number of halogens is 1. The molecule has 1 aromatic carbocycles. The maximum absolute atomic E-state index is 12.6. The Hall–Kier alpha value is -0.430. The summed E-state index contributed by atoms with van der Waals surface area (Å²) in [7, 11) is -3.62. The van der Waals surface area contributed by atoms with Gasteiger partial charge in [0.2, 0.25) is 10.0 Å². The molecule has 21 heavy (non-hydrogen) atoms. The summed E-state index contributed by atoms with van der Waals surface area (Å²) >= 11 is 3.34. The van der Waals surface area contributed by atoms with Crippen molar-refractivity contribution in [3.05, 3.63) is 27.7 Å². The van der Waals surface area contributed by atoms with Gasteiger partial charge in [-0.2, -0.15) is 0 Å². The molecule has 1 unspecified atom stereocenters. The second-order valence-corrected chi connectivity index (χ2v) is 7.84. The molecule has 1 atom stereocenters. The van der Waals surface area contributed by atoms with E-state index in [1.807, 2.05) is 13.8 Å². The van der Waals surface area contributed by atoms with Crippen molar-refractivity contribution in [2.24, 2.45) is 5.92 Å². The summed E-state index contributed by atoms with van der Waals surface area (Å²) in [4.78, 5) is 0.185. The second-order valence-electron chi connectivity index (χ2n) is 5.37. The van der Waals surface area contributed by atoms with Gasteiger partial charge >= 0.3 is 0 Å². The van der Waals surface area contributed by atoms with Crippen molar-refractivity contribution in [1.82, 2.24) is 4.72 Å². The number of sulfonamides is 1. The van der Waals surface area contributed by atoms with Gasteiger partial charge in [-0.05, 0) is 52.9 Å². The van der Waals surface area contributed by atoms with Crippen LogP contribution in [0.5, 0.6) is 0 Å². The number of hydrogen-bond acceptors (Lipinski definition) is 3. The average molecular weight is 378 g/mol. The van der Waals surface area contributed by atoms with E-state index in [9.17, 15) is 13.5 Å². The number of aliphatic hydroxyl groups excluding tert-OH is 1. The van der Waals surface area contributed by atoms with E-state index in [2.05, 4.69) is 34.5 Å². The summed E-state index contributed by atoms with van der Waals surface area (Å²) in [5.41, 5.74) is 1.38. The minimum absolute atomic E-state index is 0.130. The molecular weight excluding hydrogens is 354 g/mol. The monoisotopic (exact) mass is 377 g/mol. The first-order valence-corrected chi connectivity index (χ1v) is 9.46. The van der Waals surface area contributed by atoms with Gasteiger partial charge in [0.1, 0.15) is 0 Å². The Balaban J connectivity index is 3.16. The van der Waals surface area contributed by atoms with Crippen LogP contribution in [-0.2, 0) is 16.6 Å². The molecule has 0 aliphatic rings. The molecule has 0 spiro atoms. The molecule has 0 heterocycles. The van der Waals surface area contributed by atoms with Crippen molar-refractivity contribution in [2.45, 2.75) is 58.1 Å². The van der Waals surface area contributed by atoms with Gasteiger partial charge in [0.05, 0.1) is 11.5 Å². The molecule has 6 heteroatoms. The van der Waals surface area contributed by atoms with E-state index in [-0.39, 0.29) is 17.5 Å². The molecule has 0 amide bonds. The summed E-state index contributed by atoms with van der Waals surface area (Å²) < 4.78 is 28.5. The summed E-state index contributed by atoms with van der Waals surface area (Å²) in [6.45, 7) is 7.65. The van der Waals surface area contributed by atoms with Gasteiger partial charge in [-0.15, -0.1) is 0 Å². The van der Waals surface area contributed by atoms with Gasteiger partial charge in [-0.1, -0.05) is 32.8 Å². The topological polar surface area (TPSA) is 66.4 Å². The summed E-state index contributed by atoms with van der Waals surface area (Å²) in [5, 5.41) is 9.26. The Kier molecular flexibility index (Phi) is 6.84. The molecule has 0 saturated heterocycles. The molecule has 120 valence electrons. The largest absolute Gasteiger partial charge is 0.392 e. The third kappa shape index (κ3) is 4.52. The number of benzene rings is 1. The highest BCUT2D eigenvalue weighted by molar-refractivity contribution is 9.10. The Morgan fingerprint density at radius 1 is 1.29 bits per heavy atom. The highest BCUT2D eigenvalue weighted by Gasteiger charge is 2.24. The number of aliphatic hydroxyl groups is 1. The van der Waals surface area contributed by atoms with Crippen molar-refractivity contribution in [1.29, 1.82) is 0 Å². The average Bonchev–Trinajstić information content (AvgIpc) is 2.42. The molecule has 4 nitrogen and oxygen atoms in total. The Bertz CT molecular complexity index is 583. The molecule has 1 rings (SSSR count). The fraction of sp³-hybridized carbons (Fsp3) is 0.600. The van der Waals surface area contributed by atoms with Crippen molar-refractivity contribution in [3.63, 3.8) is 0 Å². The van der Waals surface area contributed by atoms with Crippen LogP contribution in [0.3, 0.4) is 0 Å². The van der Waals surface area contributed by atoms with Crippen LogP contribution >= 0.6 is 15.9 Å². The molecular formula is C15H24BrNO3S. The van der Waals surface area contributed by atoms with Gasteiger partial charge < -0.3 is 5.11 Å². The first-order chi connectivity index (χ1) is 9.76. The number of hydrogen-bond donors (Lipinski definition) is 2. The number of aryl methyl sites for hydroxylation is 1. The van der Waals surface area contributed by atoms with Gasteiger partial charge in [0.25, 0.3) is 0 Å². The van der Waals surface area contributed by atoms with E-state index in [4.69, 9.17) is 0 Å². The van der Waals surface area contributed by atoms with Crippen LogP contribution in [0.1, 0.15) is 44.7 Å². The predicted molar refractivity (Wildman–Crippen MR) is 88.7 cm³/mol. The maximum atomic E-state index is 12.6. The van der Waals surface area contributed by atoms with Crippen LogP contribution in [0.15, 0.2) is 21.5 Å². The summed E-state index contributed by atoms with van der Waals surface area (Å²) in [5.74, 6) is 0.306. The zero-order valence-corrected chi connectivity index (χ0v) is 15.4. The molecule has 0 fully saturated rings. The quantitative estimate of drug-likeness (QED) is 0.765. The molecule has 2 N–H and O–H groups in total. The van der Waals surface area contributed by atoms with Crippen molar-refractivity contribution in [2.75, 3.05) is 0 Å². The standard InChI is InChI=1S/C15H24BrNO3S/c1-5-13(6-2)11(4)17-21(19,20)14-8-12(9-18)7-10(3)15(14)16/h7-8,11,13,17-18H,5-6,9H2,1-4H3. The minimum atomic E-state index is -3.62. The fourth-order valence-corrected chi connectivity index (χ4v) is 4.88. The molecule has 0 bridgehead atoms. The molecule has 0 radical (unpaired) electrons. The molecule has 1 aromatic rings. The van der Waals surface area contributed by atoms with Gasteiger partial charge in [-0.25, -0.2) is 13.1 Å². The van der Waals surface area contributed by atoms with E-state index in [0.717, 1.165) is 18.4 Å². The Morgan fingerprint density at radius 3 is 2.33 bits per heavy atom. The van der Waals surface area contributed by atoms with Crippen LogP contribution < -0.4 is 4.72 Å². The lowest BCUT2D eigenvalue weighted by molar-refractivity contribution is 0.281. The first-order valence-electron chi connectivity index (χ1n) is 7.19. The van der Waals surface area contributed by atoms with Crippen LogP contribution in [0.2, 0.25) is 0 Å². The van der Waals surface area contributed by atoms with Crippen molar-refractivity contribution < 1.29 is 13.5 Å². The normalized spacial score (nSPS) is 13.7. The zero-order chi connectivity index (χ0) is 16.2. The molecule has 0 saturated carbocycles. The van der Waals surface area contributed by atoms with Gasteiger partial charge in [0.15, 0.2) is 0 Å². The maximum Gasteiger partial charge on any atom is 0.241 e. The van der Waals surface area contributed by atoms with Crippen LogP contribution in [-0.4, -0.2) is 19.6 Å². The van der Waals surface area contributed by atoms with E-state index in [1.54, 1.807) is 6.07 Å². The van der Waals surface area contributed by atoms with E-state index in [1.165, 1.54) is 6.07 Å². The van der Waals surface area contributed by atoms with E-state index in [0.29, 0.717) is 16.0 Å². The number of rotatable bonds is 7. The third-order valence-corrected chi connectivity index (χ3v) is 6.75. The van der Waals surface area contributed by atoms with E-state index >= 15 is 0 Å². The van der Waals surface area contributed by atoms with Crippen LogP contribution in [0, 0.1) is 12.8 Å². The summed E-state index contributed by atoms with van der Waals surface area (Å²) in [6, 6.07) is 3.15. The molecule has 0 aliphatic carbocycles. The summed E-state index contributed by atoms with van der Waals surface area (Å²) in [6.07, 6.45) is 1.86. The van der Waals surface area contributed by atoms with E-state index < -0.39 is 10.0 Å². The third-order valence-electron chi connectivity index (χ3n) is 3.85. The zero-order valence-electron chi connectivity index (χ0n) is 13.0. The lowest BCUT2D eigenvalue weighted by Gasteiger charge is -2.23. The Morgan fingerprint density at radius 2 is 1.86 bits per heavy atom. The van der Waals surface area contributed by atoms with Crippen molar-refractivity contribution >= 4 is 26.0 Å². The Labute approximate surface area is 136 Å². The van der Waals surface area contributed by atoms with Gasteiger partial charge in [-0.3, -0.25) is 0 Å². The first kappa shape index (κ1) is 18.6. The highest BCUT2D eigenvalue weighted by atomic mass is 79.9. The smallest absolute Gasteiger partial charge is 0.241 e. The van der Waals surface area contributed by atoms with Crippen molar-refractivity contribution in [3.8, 4) is 0 Å². The molecule has 0 aliphatic heterocycles. The van der Waals surface area contributed by atoms with Crippen LogP contribution in [0.4, 0.5) is 0 Å². The predicted octanol–water partition coefficient (Wildman–Crippen LogP) is 3.35. The highest BCUT2D eigenvalue weighted by Crippen LogP contribution is 2.28. The number of nitrogens with one attached hydrogen (secondary N) is 1.